The minimum Gasteiger partial charge on any atom is -0.352 e. The van der Waals surface area contributed by atoms with Gasteiger partial charge in [0.15, 0.2) is 11.5 Å². The second kappa shape index (κ2) is 9.78. The van der Waals surface area contributed by atoms with E-state index in [1.54, 1.807) is 11.3 Å². The molecule has 1 atom stereocenters. The lowest BCUT2D eigenvalue weighted by Crippen LogP contribution is -2.46. The van der Waals surface area contributed by atoms with Gasteiger partial charge in [-0.05, 0) is 49.2 Å². The highest BCUT2D eigenvalue weighted by Crippen LogP contribution is 2.24. The van der Waals surface area contributed by atoms with Crippen LogP contribution in [0.3, 0.4) is 0 Å². The number of likely N-dealkylation sites (N-methyl/N-ethyl adjacent to an activating group) is 1. The Bertz CT molecular complexity index is 1210. The molecular formula is C24H27N7OS. The van der Waals surface area contributed by atoms with Crippen LogP contribution < -0.4 is 5.32 Å². The topological polar surface area (TPSA) is 78.7 Å². The van der Waals surface area contributed by atoms with Crippen LogP contribution in [0.25, 0.3) is 5.65 Å². The molecular weight excluding hydrogens is 434 g/mol. The number of nitrogens with one attached hydrogen (secondary N) is 1. The van der Waals surface area contributed by atoms with E-state index in [0.717, 1.165) is 49.8 Å². The summed E-state index contributed by atoms with van der Waals surface area (Å²) in [5, 5.41) is 13.9. The van der Waals surface area contributed by atoms with Crippen LogP contribution in [0.5, 0.6) is 0 Å². The Morgan fingerprint density at radius 2 is 2.09 bits per heavy atom. The van der Waals surface area contributed by atoms with Gasteiger partial charge in [-0.1, -0.05) is 12.1 Å². The van der Waals surface area contributed by atoms with Crippen molar-refractivity contribution in [1.82, 2.24) is 34.7 Å². The Balaban J connectivity index is 1.31. The lowest BCUT2D eigenvalue weighted by atomic mass is 10.1. The van der Waals surface area contributed by atoms with Gasteiger partial charge < -0.3 is 5.32 Å². The summed E-state index contributed by atoms with van der Waals surface area (Å²) < 4.78 is 1.96. The summed E-state index contributed by atoms with van der Waals surface area (Å²) in [6.45, 7) is 4.14. The molecule has 1 aliphatic rings. The van der Waals surface area contributed by atoms with Crippen LogP contribution in [0.1, 0.15) is 32.8 Å². The van der Waals surface area contributed by atoms with E-state index >= 15 is 0 Å². The molecule has 170 valence electrons. The van der Waals surface area contributed by atoms with Gasteiger partial charge in [0, 0.05) is 50.0 Å². The molecule has 1 fully saturated rings. The normalized spacial score (nSPS) is 17.4. The summed E-state index contributed by atoms with van der Waals surface area (Å²) in [4.78, 5) is 23.2. The van der Waals surface area contributed by atoms with Crippen molar-refractivity contribution in [3.8, 4) is 0 Å². The maximum atomic E-state index is 12.8. The van der Waals surface area contributed by atoms with Crippen molar-refractivity contribution in [2.24, 2.45) is 0 Å². The number of nitrogens with zero attached hydrogens (tertiary/aromatic N) is 6. The first-order valence-corrected chi connectivity index (χ1v) is 12.0. The summed E-state index contributed by atoms with van der Waals surface area (Å²) in [5.41, 5.74) is 2.42. The van der Waals surface area contributed by atoms with Gasteiger partial charge in [-0.2, -0.15) is 0 Å². The van der Waals surface area contributed by atoms with Crippen molar-refractivity contribution in [1.29, 1.82) is 0 Å². The molecule has 0 bridgehead atoms. The number of carbonyl (C=O) groups excluding carboxylic acids is 1. The van der Waals surface area contributed by atoms with Gasteiger partial charge in [0.1, 0.15) is 0 Å². The number of hydrogen-bond donors (Lipinski definition) is 1. The smallest absolute Gasteiger partial charge is 0.252 e. The number of rotatable bonds is 7. The first-order valence-electron chi connectivity index (χ1n) is 11.1. The lowest BCUT2D eigenvalue weighted by Gasteiger charge is -2.38. The minimum atomic E-state index is -0.0816. The Morgan fingerprint density at radius 1 is 1.15 bits per heavy atom. The zero-order valence-corrected chi connectivity index (χ0v) is 19.4. The molecule has 8 nitrogen and oxygen atoms in total. The molecule has 0 spiro atoms. The molecule has 1 saturated heterocycles. The van der Waals surface area contributed by atoms with E-state index in [9.17, 15) is 4.79 Å². The van der Waals surface area contributed by atoms with Crippen LogP contribution in [0.4, 0.5) is 0 Å². The Labute approximate surface area is 196 Å². The monoisotopic (exact) mass is 461 g/mol. The van der Waals surface area contributed by atoms with Crippen molar-refractivity contribution < 1.29 is 4.79 Å². The summed E-state index contributed by atoms with van der Waals surface area (Å²) >= 11 is 1.71. The molecule has 1 unspecified atom stereocenters. The van der Waals surface area contributed by atoms with E-state index in [2.05, 4.69) is 54.9 Å². The minimum absolute atomic E-state index is 0.0783. The van der Waals surface area contributed by atoms with Crippen LogP contribution in [0.15, 0.2) is 60.2 Å². The Morgan fingerprint density at radius 3 is 2.91 bits per heavy atom. The van der Waals surface area contributed by atoms with E-state index in [-0.39, 0.29) is 11.9 Å². The van der Waals surface area contributed by atoms with E-state index < -0.39 is 0 Å². The molecule has 0 aliphatic carbocycles. The number of pyridine rings is 2. The highest BCUT2D eigenvalue weighted by molar-refractivity contribution is 7.09. The molecule has 33 heavy (non-hydrogen) atoms. The van der Waals surface area contributed by atoms with Gasteiger partial charge in [-0.15, -0.1) is 21.5 Å². The molecule has 1 aliphatic heterocycles. The quantitative estimate of drug-likeness (QED) is 0.456. The molecule has 0 saturated carbocycles. The van der Waals surface area contributed by atoms with Crippen molar-refractivity contribution in [2.75, 3.05) is 33.2 Å². The predicted molar refractivity (Wildman–Crippen MR) is 128 cm³/mol. The zero-order valence-electron chi connectivity index (χ0n) is 18.6. The lowest BCUT2D eigenvalue weighted by molar-refractivity contribution is 0.0844. The summed E-state index contributed by atoms with van der Waals surface area (Å²) in [5.74, 6) is 0.772. The first-order chi connectivity index (χ1) is 16.2. The number of hydrogen-bond acceptors (Lipinski definition) is 7. The first kappa shape index (κ1) is 21.7. The van der Waals surface area contributed by atoms with Crippen molar-refractivity contribution in [2.45, 2.75) is 19.0 Å². The fraction of sp³-hybridized carbons (Fsp3) is 0.333. The second-order valence-corrected chi connectivity index (χ2v) is 9.37. The number of thiophene rings is 1. The van der Waals surface area contributed by atoms with Gasteiger partial charge >= 0.3 is 0 Å². The molecule has 0 aromatic carbocycles. The molecule has 9 heteroatoms. The highest BCUT2D eigenvalue weighted by atomic mass is 32.1. The van der Waals surface area contributed by atoms with Gasteiger partial charge in [-0.3, -0.25) is 24.0 Å². The van der Waals surface area contributed by atoms with E-state index in [1.807, 2.05) is 47.1 Å². The van der Waals surface area contributed by atoms with Crippen molar-refractivity contribution >= 4 is 22.9 Å². The van der Waals surface area contributed by atoms with E-state index in [0.29, 0.717) is 12.1 Å². The van der Waals surface area contributed by atoms with Crippen LogP contribution >= 0.6 is 11.3 Å². The Kier molecular flexibility index (Phi) is 6.43. The average molecular weight is 462 g/mol. The third kappa shape index (κ3) is 4.95. The molecule has 1 N–H and O–H groups in total. The third-order valence-corrected chi connectivity index (χ3v) is 7.01. The highest BCUT2D eigenvalue weighted by Gasteiger charge is 2.29. The summed E-state index contributed by atoms with van der Waals surface area (Å²) in [6.07, 6.45) is 4.53. The second-order valence-electron chi connectivity index (χ2n) is 8.34. The summed E-state index contributed by atoms with van der Waals surface area (Å²) in [7, 11) is 2.12. The number of aromatic nitrogens is 4. The van der Waals surface area contributed by atoms with Gasteiger partial charge in [-0.25, -0.2) is 0 Å². The van der Waals surface area contributed by atoms with Crippen LogP contribution in [-0.2, 0) is 13.0 Å². The fourth-order valence-corrected chi connectivity index (χ4v) is 4.91. The largest absolute Gasteiger partial charge is 0.352 e. The number of piperazine rings is 1. The number of carbonyl (C=O) groups is 1. The molecule has 4 aromatic rings. The predicted octanol–water partition coefficient (Wildman–Crippen LogP) is 2.65. The van der Waals surface area contributed by atoms with Gasteiger partial charge in [0.05, 0.1) is 17.3 Å². The maximum Gasteiger partial charge on any atom is 0.252 e. The van der Waals surface area contributed by atoms with E-state index in [1.165, 1.54) is 4.88 Å². The van der Waals surface area contributed by atoms with Gasteiger partial charge in [0.25, 0.3) is 5.91 Å². The standard InChI is InChI=1S/C24H27N7OS/c1-29-12-13-30(16-19-5-2-3-10-25-19)17-21(29)23-28-27-22-8-7-18(15-31(22)23)24(32)26-11-9-20-6-4-14-33-20/h2-8,10,14-15,21H,9,11-13,16-17H2,1H3,(H,26,32). The fourth-order valence-electron chi connectivity index (χ4n) is 4.20. The summed E-state index contributed by atoms with van der Waals surface area (Å²) in [6, 6.07) is 13.9. The average Bonchev–Trinajstić information content (AvgIpc) is 3.50. The van der Waals surface area contributed by atoms with Crippen LogP contribution in [0.2, 0.25) is 0 Å². The van der Waals surface area contributed by atoms with Crippen LogP contribution in [-0.4, -0.2) is 68.5 Å². The molecule has 1 amide bonds. The zero-order chi connectivity index (χ0) is 22.6. The molecule has 4 aromatic heterocycles. The van der Waals surface area contributed by atoms with Crippen molar-refractivity contribution in [3.63, 3.8) is 0 Å². The molecule has 5 rings (SSSR count). The molecule has 5 heterocycles. The number of amides is 1. The number of fused-ring (bicyclic) bond motifs is 1. The third-order valence-electron chi connectivity index (χ3n) is 6.07. The van der Waals surface area contributed by atoms with Crippen molar-refractivity contribution in [3.05, 3.63) is 82.2 Å². The Hall–Kier alpha value is -3.14. The maximum absolute atomic E-state index is 12.8. The SMILES string of the molecule is CN1CCN(Cc2ccccn2)CC1c1nnc2ccc(C(=O)NCCc3cccs3)cn12. The van der Waals surface area contributed by atoms with Crippen LogP contribution in [0, 0.1) is 0 Å². The molecule has 0 radical (unpaired) electrons. The van der Waals surface area contributed by atoms with E-state index in [4.69, 9.17) is 0 Å². The van der Waals surface area contributed by atoms with Gasteiger partial charge in [0.2, 0.25) is 0 Å².